The number of hydrogen-bond acceptors (Lipinski definition) is 3. The van der Waals surface area contributed by atoms with Gasteiger partial charge in [-0.15, -0.1) is 0 Å². The molecule has 5 aliphatic rings. The fourth-order valence-corrected chi connectivity index (χ4v) is 7.64. The van der Waals surface area contributed by atoms with Crippen LogP contribution in [-0.2, 0) is 21.5 Å². The van der Waals surface area contributed by atoms with Crippen molar-refractivity contribution >= 4 is 11.8 Å². The van der Waals surface area contributed by atoms with Crippen molar-refractivity contribution in [3.05, 3.63) is 17.5 Å². The summed E-state index contributed by atoms with van der Waals surface area (Å²) in [5.74, 6) is 1.38. The van der Waals surface area contributed by atoms with Crippen LogP contribution < -0.4 is 10.6 Å². The van der Waals surface area contributed by atoms with Crippen LogP contribution in [0, 0.1) is 17.3 Å². The van der Waals surface area contributed by atoms with Gasteiger partial charge >= 0.3 is 0 Å². The molecule has 0 aliphatic heterocycles. The number of amides is 2. The zero-order chi connectivity index (χ0) is 21.3. The Morgan fingerprint density at radius 1 is 1.17 bits per heavy atom. The lowest BCUT2D eigenvalue weighted by atomic mass is 9.46. The molecule has 30 heavy (non-hydrogen) atoms. The Balaban J connectivity index is 1.39. The van der Waals surface area contributed by atoms with Crippen molar-refractivity contribution in [1.29, 1.82) is 0 Å². The zero-order valence-corrected chi connectivity index (χ0v) is 18.9. The SMILES string of the molecule is CC(=O)NC12C[C@H]3C[C@@H](C1)CC(C(=O)N[C@@H]1CCCc4c1cnn4C(C)(C)C)(C3)C2. The summed E-state index contributed by atoms with van der Waals surface area (Å²) >= 11 is 0. The molecule has 5 atom stereocenters. The highest BCUT2D eigenvalue weighted by Crippen LogP contribution is 2.61. The number of carbonyl (C=O) groups is 2. The molecule has 2 N–H and O–H groups in total. The van der Waals surface area contributed by atoms with Gasteiger partial charge in [0.15, 0.2) is 0 Å². The lowest BCUT2D eigenvalue weighted by Crippen LogP contribution is -2.65. The van der Waals surface area contributed by atoms with Crippen LogP contribution in [0.3, 0.4) is 0 Å². The molecule has 0 spiro atoms. The van der Waals surface area contributed by atoms with E-state index in [0.29, 0.717) is 11.8 Å². The number of aromatic nitrogens is 2. The molecular weight excluding hydrogens is 376 g/mol. The fraction of sp³-hybridized carbons (Fsp3) is 0.792. The first-order valence-corrected chi connectivity index (χ1v) is 11.8. The van der Waals surface area contributed by atoms with Crippen molar-refractivity contribution in [1.82, 2.24) is 20.4 Å². The largest absolute Gasteiger partial charge is 0.351 e. The molecule has 1 aromatic heterocycles. The van der Waals surface area contributed by atoms with Crippen molar-refractivity contribution in [2.75, 3.05) is 0 Å². The lowest BCUT2D eigenvalue weighted by molar-refractivity contribution is -0.153. The van der Waals surface area contributed by atoms with E-state index in [1.165, 1.54) is 17.7 Å². The second-order valence-electron chi connectivity index (χ2n) is 11.8. The third-order valence-electron chi connectivity index (χ3n) is 8.11. The van der Waals surface area contributed by atoms with Crippen LogP contribution in [0.2, 0.25) is 0 Å². The first-order chi connectivity index (χ1) is 14.1. The molecule has 5 aliphatic carbocycles. The van der Waals surface area contributed by atoms with Crippen molar-refractivity contribution in [2.45, 2.75) is 103 Å². The minimum Gasteiger partial charge on any atom is -0.351 e. The van der Waals surface area contributed by atoms with E-state index < -0.39 is 0 Å². The molecule has 2 unspecified atom stereocenters. The second-order valence-corrected chi connectivity index (χ2v) is 11.8. The van der Waals surface area contributed by atoms with Gasteiger partial charge in [0.1, 0.15) is 0 Å². The summed E-state index contributed by atoms with van der Waals surface area (Å²) in [6.45, 7) is 8.15. The van der Waals surface area contributed by atoms with E-state index in [1.54, 1.807) is 6.92 Å². The molecule has 0 aromatic carbocycles. The van der Waals surface area contributed by atoms with Crippen LogP contribution in [0.15, 0.2) is 6.20 Å². The minimum absolute atomic E-state index is 0.0408. The summed E-state index contributed by atoms with van der Waals surface area (Å²) < 4.78 is 2.14. The molecule has 6 nitrogen and oxygen atoms in total. The topological polar surface area (TPSA) is 76.0 Å². The van der Waals surface area contributed by atoms with Gasteiger partial charge in [-0.05, 0) is 90.4 Å². The minimum atomic E-state index is -0.315. The van der Waals surface area contributed by atoms with Gasteiger partial charge in [-0.3, -0.25) is 14.3 Å². The molecule has 0 saturated heterocycles. The average molecular weight is 413 g/mol. The van der Waals surface area contributed by atoms with Crippen LogP contribution in [0.5, 0.6) is 0 Å². The number of rotatable bonds is 3. The lowest BCUT2D eigenvalue weighted by Gasteiger charge is -2.61. The maximum atomic E-state index is 13.8. The molecule has 1 aromatic rings. The Morgan fingerprint density at radius 2 is 1.87 bits per heavy atom. The van der Waals surface area contributed by atoms with Crippen LogP contribution in [0.25, 0.3) is 0 Å². The van der Waals surface area contributed by atoms with E-state index >= 15 is 0 Å². The third-order valence-corrected chi connectivity index (χ3v) is 8.11. The Hall–Kier alpha value is -1.85. The first-order valence-electron chi connectivity index (χ1n) is 11.8. The van der Waals surface area contributed by atoms with Crippen molar-refractivity contribution < 1.29 is 9.59 Å². The van der Waals surface area contributed by atoms with Gasteiger partial charge < -0.3 is 10.6 Å². The molecule has 164 valence electrons. The van der Waals surface area contributed by atoms with Crippen molar-refractivity contribution in [2.24, 2.45) is 17.3 Å². The smallest absolute Gasteiger partial charge is 0.226 e. The van der Waals surface area contributed by atoms with Gasteiger partial charge in [-0.25, -0.2) is 0 Å². The third kappa shape index (κ3) is 3.18. The van der Waals surface area contributed by atoms with E-state index in [4.69, 9.17) is 0 Å². The van der Waals surface area contributed by atoms with E-state index in [9.17, 15) is 9.59 Å². The van der Waals surface area contributed by atoms with E-state index in [2.05, 4.69) is 41.2 Å². The van der Waals surface area contributed by atoms with Gasteiger partial charge in [0, 0.05) is 23.7 Å². The summed E-state index contributed by atoms with van der Waals surface area (Å²) in [5.41, 5.74) is 1.95. The normalized spacial score (nSPS) is 37.0. The molecule has 1 heterocycles. The average Bonchev–Trinajstić information content (AvgIpc) is 3.04. The Morgan fingerprint density at radius 3 is 2.50 bits per heavy atom. The fourth-order valence-electron chi connectivity index (χ4n) is 7.64. The summed E-state index contributed by atoms with van der Waals surface area (Å²) in [4.78, 5) is 25.7. The molecule has 4 saturated carbocycles. The first kappa shape index (κ1) is 20.1. The van der Waals surface area contributed by atoms with Gasteiger partial charge in [-0.1, -0.05) is 0 Å². The van der Waals surface area contributed by atoms with Gasteiger partial charge in [0.2, 0.25) is 11.8 Å². The maximum absolute atomic E-state index is 13.8. The molecule has 6 heteroatoms. The molecule has 2 amide bonds. The summed E-state index contributed by atoms with van der Waals surface area (Å²) in [6.07, 6.45) is 11.1. The number of hydrogen-bond donors (Lipinski definition) is 2. The van der Waals surface area contributed by atoms with Gasteiger partial charge in [-0.2, -0.15) is 5.10 Å². The highest BCUT2D eigenvalue weighted by Gasteiger charge is 2.61. The molecule has 4 fully saturated rings. The Kier molecular flexibility index (Phi) is 4.40. The highest BCUT2D eigenvalue weighted by atomic mass is 16.2. The van der Waals surface area contributed by atoms with Crippen molar-refractivity contribution in [3.8, 4) is 0 Å². The monoisotopic (exact) mass is 412 g/mol. The molecular formula is C24H36N4O2. The van der Waals surface area contributed by atoms with E-state index in [-0.39, 0.29) is 34.3 Å². The van der Waals surface area contributed by atoms with E-state index in [0.717, 1.165) is 51.4 Å². The van der Waals surface area contributed by atoms with Crippen LogP contribution in [0.4, 0.5) is 0 Å². The van der Waals surface area contributed by atoms with Crippen LogP contribution in [0.1, 0.15) is 96.4 Å². The van der Waals surface area contributed by atoms with Crippen molar-refractivity contribution in [3.63, 3.8) is 0 Å². The molecule has 6 rings (SSSR count). The van der Waals surface area contributed by atoms with Crippen LogP contribution in [-0.4, -0.2) is 27.1 Å². The summed E-state index contributed by atoms with van der Waals surface area (Å²) in [6, 6.07) is 0.0575. The standard InChI is InChI=1S/C24H36N4O2/c1-15(29)27-24-11-16-8-17(12-24)10-23(9-16,14-24)21(30)26-19-6-5-7-20-18(19)13-25-28(20)22(2,3)4/h13,16-17,19H,5-12,14H2,1-4H3,(H,26,30)(H,27,29)/t16-,17+,19-,23?,24?/m1/s1. The molecule has 0 radical (unpaired) electrons. The van der Waals surface area contributed by atoms with E-state index in [1.807, 2.05) is 6.20 Å². The highest BCUT2D eigenvalue weighted by molar-refractivity contribution is 5.84. The molecule has 4 bridgehead atoms. The second kappa shape index (κ2) is 6.57. The Labute approximate surface area is 179 Å². The van der Waals surface area contributed by atoms with Gasteiger partial charge in [0.05, 0.1) is 23.2 Å². The summed E-state index contributed by atoms with van der Waals surface area (Å²) in [7, 11) is 0. The number of nitrogens with zero attached hydrogens (tertiary/aromatic N) is 2. The van der Waals surface area contributed by atoms with Crippen LogP contribution >= 0.6 is 0 Å². The Bertz CT molecular complexity index is 866. The predicted molar refractivity (Wildman–Crippen MR) is 115 cm³/mol. The zero-order valence-electron chi connectivity index (χ0n) is 18.9. The number of nitrogens with one attached hydrogen (secondary N) is 2. The number of carbonyl (C=O) groups excluding carboxylic acids is 2. The van der Waals surface area contributed by atoms with Gasteiger partial charge in [0.25, 0.3) is 0 Å². The quantitative estimate of drug-likeness (QED) is 0.796. The maximum Gasteiger partial charge on any atom is 0.226 e. The predicted octanol–water partition coefficient (Wildman–Crippen LogP) is 3.61. The number of fused-ring (bicyclic) bond motifs is 1. The summed E-state index contributed by atoms with van der Waals surface area (Å²) in [5, 5.41) is 11.4.